The third-order valence-electron chi connectivity index (χ3n) is 3.15. The molecule has 1 fully saturated rings. The molecule has 1 rings (SSSR count). The second-order valence-corrected chi connectivity index (χ2v) is 4.71. The number of esters is 1. The standard InChI is InChI=1S/C12H23NO2/c1-3-4-11(13)12(14)15-10-7-5-9(2)6-8-10/h9-11H,3-8,13H2,1-2H3/t9?,10?,11-/m1/s1. The van der Waals surface area contributed by atoms with E-state index in [-0.39, 0.29) is 12.1 Å². The third-order valence-corrected chi connectivity index (χ3v) is 3.15. The summed E-state index contributed by atoms with van der Waals surface area (Å²) in [6.45, 7) is 4.27. The molecule has 0 saturated heterocycles. The Hall–Kier alpha value is -0.570. The van der Waals surface area contributed by atoms with Gasteiger partial charge in [0.15, 0.2) is 0 Å². The summed E-state index contributed by atoms with van der Waals surface area (Å²) in [6.07, 6.45) is 6.12. The highest BCUT2D eigenvalue weighted by Crippen LogP contribution is 2.25. The average Bonchev–Trinajstić information content (AvgIpc) is 2.22. The topological polar surface area (TPSA) is 52.3 Å². The Morgan fingerprint density at radius 2 is 2.00 bits per heavy atom. The molecule has 1 aliphatic carbocycles. The molecule has 3 nitrogen and oxygen atoms in total. The van der Waals surface area contributed by atoms with Crippen LogP contribution in [0.5, 0.6) is 0 Å². The molecule has 0 aliphatic heterocycles. The predicted octanol–water partition coefficient (Wildman–Crippen LogP) is 2.24. The summed E-state index contributed by atoms with van der Waals surface area (Å²) in [5.74, 6) is 0.570. The lowest BCUT2D eigenvalue weighted by Crippen LogP contribution is -2.35. The summed E-state index contributed by atoms with van der Waals surface area (Å²) < 4.78 is 5.39. The molecule has 0 aromatic rings. The minimum absolute atomic E-state index is 0.122. The quantitative estimate of drug-likeness (QED) is 0.729. The second-order valence-electron chi connectivity index (χ2n) is 4.71. The Bertz CT molecular complexity index is 198. The van der Waals surface area contributed by atoms with Crippen LogP contribution in [0.3, 0.4) is 0 Å². The van der Waals surface area contributed by atoms with Crippen LogP contribution in [0.1, 0.15) is 52.4 Å². The fourth-order valence-electron chi connectivity index (χ4n) is 2.03. The Morgan fingerprint density at radius 3 is 2.53 bits per heavy atom. The van der Waals surface area contributed by atoms with Crippen LogP contribution in [0, 0.1) is 5.92 Å². The van der Waals surface area contributed by atoms with Crippen LogP contribution in [0.25, 0.3) is 0 Å². The first-order valence-corrected chi connectivity index (χ1v) is 6.09. The average molecular weight is 213 g/mol. The molecule has 1 saturated carbocycles. The molecule has 1 atom stereocenters. The second kappa shape index (κ2) is 6.11. The van der Waals surface area contributed by atoms with Gasteiger partial charge in [0, 0.05) is 0 Å². The van der Waals surface area contributed by atoms with Gasteiger partial charge in [-0.15, -0.1) is 0 Å². The van der Waals surface area contributed by atoms with E-state index >= 15 is 0 Å². The van der Waals surface area contributed by atoms with Crippen molar-refractivity contribution in [3.8, 4) is 0 Å². The van der Waals surface area contributed by atoms with Crippen LogP contribution in [0.2, 0.25) is 0 Å². The first kappa shape index (κ1) is 12.5. The highest BCUT2D eigenvalue weighted by molar-refractivity contribution is 5.75. The molecule has 0 aromatic carbocycles. The van der Waals surface area contributed by atoms with Crippen molar-refractivity contribution >= 4 is 5.97 Å². The van der Waals surface area contributed by atoms with Gasteiger partial charge in [-0.2, -0.15) is 0 Å². The molecule has 3 heteroatoms. The molecule has 0 radical (unpaired) electrons. The summed E-state index contributed by atoms with van der Waals surface area (Å²) in [5.41, 5.74) is 5.70. The maximum absolute atomic E-state index is 11.5. The van der Waals surface area contributed by atoms with Crippen molar-refractivity contribution in [1.82, 2.24) is 0 Å². The maximum atomic E-state index is 11.5. The van der Waals surface area contributed by atoms with Crippen LogP contribution in [-0.2, 0) is 9.53 Å². The fourth-order valence-corrected chi connectivity index (χ4v) is 2.03. The summed E-state index contributed by atoms with van der Waals surface area (Å²) in [5, 5.41) is 0. The molecule has 0 unspecified atom stereocenters. The minimum atomic E-state index is -0.422. The van der Waals surface area contributed by atoms with E-state index in [0.717, 1.165) is 31.6 Å². The lowest BCUT2D eigenvalue weighted by Gasteiger charge is -2.26. The molecule has 0 heterocycles. The van der Waals surface area contributed by atoms with Crippen LogP contribution >= 0.6 is 0 Å². The van der Waals surface area contributed by atoms with Crippen LogP contribution in [0.15, 0.2) is 0 Å². The first-order valence-electron chi connectivity index (χ1n) is 6.09. The Morgan fingerprint density at radius 1 is 1.40 bits per heavy atom. The van der Waals surface area contributed by atoms with Crippen molar-refractivity contribution in [3.63, 3.8) is 0 Å². The van der Waals surface area contributed by atoms with E-state index in [2.05, 4.69) is 6.92 Å². The smallest absolute Gasteiger partial charge is 0.323 e. The number of hydrogen-bond donors (Lipinski definition) is 1. The van der Waals surface area contributed by atoms with Crippen LogP contribution in [-0.4, -0.2) is 18.1 Å². The van der Waals surface area contributed by atoms with Gasteiger partial charge >= 0.3 is 5.97 Å². The molecule has 1 aliphatic rings. The Kier molecular flexibility index (Phi) is 5.09. The molecule has 2 N–H and O–H groups in total. The zero-order chi connectivity index (χ0) is 11.3. The van der Waals surface area contributed by atoms with Gasteiger partial charge in [0.1, 0.15) is 12.1 Å². The lowest BCUT2D eigenvalue weighted by molar-refractivity contribution is -0.152. The van der Waals surface area contributed by atoms with Crippen LogP contribution < -0.4 is 5.73 Å². The van der Waals surface area contributed by atoms with Crippen molar-refractivity contribution in [2.24, 2.45) is 11.7 Å². The van der Waals surface area contributed by atoms with E-state index in [1.807, 2.05) is 6.92 Å². The van der Waals surface area contributed by atoms with Crippen molar-refractivity contribution in [2.45, 2.75) is 64.5 Å². The van der Waals surface area contributed by atoms with Crippen molar-refractivity contribution in [1.29, 1.82) is 0 Å². The van der Waals surface area contributed by atoms with E-state index in [4.69, 9.17) is 10.5 Å². The minimum Gasteiger partial charge on any atom is -0.461 e. The molecule has 0 amide bonds. The van der Waals surface area contributed by atoms with Gasteiger partial charge in [-0.05, 0) is 38.0 Å². The number of nitrogens with two attached hydrogens (primary N) is 1. The number of carbonyl (C=O) groups is 1. The molecular formula is C12H23NO2. The largest absolute Gasteiger partial charge is 0.461 e. The summed E-state index contributed by atoms with van der Waals surface area (Å²) in [7, 11) is 0. The molecule has 0 spiro atoms. The zero-order valence-corrected chi connectivity index (χ0v) is 9.87. The van der Waals surface area contributed by atoms with E-state index in [1.54, 1.807) is 0 Å². The number of ether oxygens (including phenoxy) is 1. The fraction of sp³-hybridized carbons (Fsp3) is 0.917. The molecule has 88 valence electrons. The molecular weight excluding hydrogens is 190 g/mol. The maximum Gasteiger partial charge on any atom is 0.323 e. The number of hydrogen-bond acceptors (Lipinski definition) is 3. The molecule has 0 bridgehead atoms. The molecule has 15 heavy (non-hydrogen) atoms. The van der Waals surface area contributed by atoms with Gasteiger partial charge in [-0.25, -0.2) is 0 Å². The zero-order valence-electron chi connectivity index (χ0n) is 9.87. The van der Waals surface area contributed by atoms with Crippen LogP contribution in [0.4, 0.5) is 0 Å². The van der Waals surface area contributed by atoms with Gasteiger partial charge in [0.25, 0.3) is 0 Å². The third kappa shape index (κ3) is 4.20. The summed E-state index contributed by atoms with van der Waals surface area (Å²) >= 11 is 0. The Labute approximate surface area is 92.4 Å². The van der Waals surface area contributed by atoms with E-state index < -0.39 is 6.04 Å². The summed E-state index contributed by atoms with van der Waals surface area (Å²) in [6, 6.07) is -0.422. The highest BCUT2D eigenvalue weighted by Gasteiger charge is 2.23. The van der Waals surface area contributed by atoms with Crippen molar-refractivity contribution < 1.29 is 9.53 Å². The van der Waals surface area contributed by atoms with Gasteiger partial charge in [0.05, 0.1) is 0 Å². The van der Waals surface area contributed by atoms with Crippen molar-refractivity contribution in [3.05, 3.63) is 0 Å². The number of carbonyl (C=O) groups excluding carboxylic acids is 1. The van der Waals surface area contributed by atoms with Gasteiger partial charge in [-0.1, -0.05) is 20.3 Å². The normalized spacial score (nSPS) is 28.5. The van der Waals surface area contributed by atoms with E-state index in [1.165, 1.54) is 12.8 Å². The van der Waals surface area contributed by atoms with Gasteiger partial charge in [-0.3, -0.25) is 4.79 Å². The highest BCUT2D eigenvalue weighted by atomic mass is 16.5. The monoisotopic (exact) mass is 213 g/mol. The van der Waals surface area contributed by atoms with Gasteiger partial charge in [0.2, 0.25) is 0 Å². The first-order chi connectivity index (χ1) is 7.13. The molecule has 0 aromatic heterocycles. The van der Waals surface area contributed by atoms with Gasteiger partial charge < -0.3 is 10.5 Å². The Balaban J connectivity index is 2.25. The van der Waals surface area contributed by atoms with Crippen molar-refractivity contribution in [2.75, 3.05) is 0 Å². The predicted molar refractivity (Wildman–Crippen MR) is 60.4 cm³/mol. The summed E-state index contributed by atoms with van der Waals surface area (Å²) in [4.78, 5) is 11.5. The van der Waals surface area contributed by atoms with E-state index in [9.17, 15) is 4.79 Å². The van der Waals surface area contributed by atoms with E-state index in [0.29, 0.717) is 0 Å². The lowest BCUT2D eigenvalue weighted by atomic mass is 9.89. The SMILES string of the molecule is CCC[C@@H](N)C(=O)OC1CCC(C)CC1. The number of rotatable bonds is 4.